The summed E-state index contributed by atoms with van der Waals surface area (Å²) in [4.78, 5) is 2.04. The van der Waals surface area contributed by atoms with Crippen molar-refractivity contribution in [2.24, 2.45) is 0 Å². The Morgan fingerprint density at radius 1 is 1.20 bits per heavy atom. The smallest absolute Gasteiger partial charge is 0.142 e. The monoisotopic (exact) mass is 209 g/mol. The van der Waals surface area contributed by atoms with Crippen LogP contribution in [0.2, 0.25) is 0 Å². The minimum Gasteiger partial charge on any atom is -0.495 e. The lowest BCUT2D eigenvalue weighted by atomic mass is 10.1. The van der Waals surface area contributed by atoms with E-state index in [1.54, 1.807) is 14.2 Å². The zero-order valence-electron chi connectivity index (χ0n) is 10.1. The van der Waals surface area contributed by atoms with E-state index in [0.717, 1.165) is 11.4 Å². The van der Waals surface area contributed by atoms with E-state index in [2.05, 4.69) is 19.9 Å². The molecule has 0 atom stereocenters. The number of rotatable bonds is 4. The van der Waals surface area contributed by atoms with Crippen molar-refractivity contribution in [1.29, 1.82) is 0 Å². The Morgan fingerprint density at radius 2 is 1.87 bits per heavy atom. The fourth-order valence-corrected chi connectivity index (χ4v) is 1.82. The van der Waals surface area contributed by atoms with Crippen LogP contribution in [0.15, 0.2) is 12.1 Å². The second kappa shape index (κ2) is 5.03. The van der Waals surface area contributed by atoms with Crippen LogP contribution < -0.4 is 9.64 Å². The molecule has 0 aliphatic carbocycles. The van der Waals surface area contributed by atoms with Gasteiger partial charge in [0.25, 0.3) is 0 Å². The number of hydrogen-bond acceptors (Lipinski definition) is 3. The van der Waals surface area contributed by atoms with Gasteiger partial charge in [-0.2, -0.15) is 0 Å². The number of anilines is 1. The molecule has 0 saturated carbocycles. The molecule has 3 heteroatoms. The molecule has 0 fully saturated rings. The van der Waals surface area contributed by atoms with Gasteiger partial charge in [0.15, 0.2) is 0 Å². The molecule has 0 bridgehead atoms. The molecule has 0 radical (unpaired) electrons. The van der Waals surface area contributed by atoms with Gasteiger partial charge in [-0.05, 0) is 31.0 Å². The Bertz CT molecular complexity index is 337. The van der Waals surface area contributed by atoms with Gasteiger partial charge >= 0.3 is 0 Å². The molecular weight excluding hydrogens is 190 g/mol. The second-order valence-electron chi connectivity index (χ2n) is 3.75. The van der Waals surface area contributed by atoms with Crippen LogP contribution in [0.1, 0.15) is 11.1 Å². The highest BCUT2D eigenvalue weighted by atomic mass is 16.5. The highest BCUT2D eigenvalue weighted by molar-refractivity contribution is 5.64. The molecule has 0 N–H and O–H groups in total. The Kier molecular flexibility index (Phi) is 3.97. The van der Waals surface area contributed by atoms with Crippen LogP contribution in [0.3, 0.4) is 0 Å². The Hall–Kier alpha value is -1.22. The van der Waals surface area contributed by atoms with E-state index >= 15 is 0 Å². The van der Waals surface area contributed by atoms with Gasteiger partial charge in [-0.3, -0.25) is 0 Å². The molecule has 1 aromatic rings. The first-order chi connectivity index (χ1) is 7.10. The zero-order chi connectivity index (χ0) is 11.4. The summed E-state index contributed by atoms with van der Waals surface area (Å²) in [7, 11) is 5.37. The van der Waals surface area contributed by atoms with Crippen LogP contribution in [-0.4, -0.2) is 28.0 Å². The molecule has 0 aromatic heterocycles. The lowest BCUT2D eigenvalue weighted by Crippen LogP contribution is -2.21. The first-order valence-corrected chi connectivity index (χ1v) is 4.95. The van der Waals surface area contributed by atoms with Crippen LogP contribution in [0.25, 0.3) is 0 Å². The second-order valence-corrected chi connectivity index (χ2v) is 3.75. The Morgan fingerprint density at radius 3 is 2.40 bits per heavy atom. The summed E-state index contributed by atoms with van der Waals surface area (Å²) in [5, 5.41) is 0. The molecule has 0 amide bonds. The number of benzene rings is 1. The number of nitrogens with zero attached hydrogens (tertiary/aromatic N) is 1. The van der Waals surface area contributed by atoms with Crippen molar-refractivity contribution in [3.05, 3.63) is 23.3 Å². The minimum absolute atomic E-state index is 0.556. The lowest BCUT2D eigenvalue weighted by Gasteiger charge is -2.23. The first kappa shape index (κ1) is 11.9. The summed E-state index contributed by atoms with van der Waals surface area (Å²) in [5.41, 5.74) is 3.50. The van der Waals surface area contributed by atoms with Gasteiger partial charge in [0.1, 0.15) is 12.5 Å². The van der Waals surface area contributed by atoms with Gasteiger partial charge in [-0.15, -0.1) is 0 Å². The van der Waals surface area contributed by atoms with Crippen molar-refractivity contribution in [1.82, 2.24) is 0 Å². The summed E-state index contributed by atoms with van der Waals surface area (Å²) < 4.78 is 10.5. The lowest BCUT2D eigenvalue weighted by molar-refractivity contribution is 0.201. The van der Waals surface area contributed by atoms with E-state index in [4.69, 9.17) is 9.47 Å². The van der Waals surface area contributed by atoms with E-state index in [1.165, 1.54) is 11.1 Å². The van der Waals surface area contributed by atoms with Crippen LogP contribution in [0.5, 0.6) is 5.75 Å². The number of hydrogen-bond donors (Lipinski definition) is 0. The largest absolute Gasteiger partial charge is 0.495 e. The summed E-state index contributed by atoms with van der Waals surface area (Å²) in [5.74, 6) is 0.895. The maximum Gasteiger partial charge on any atom is 0.142 e. The summed E-state index contributed by atoms with van der Waals surface area (Å²) in [6.07, 6.45) is 0. The van der Waals surface area contributed by atoms with Crippen molar-refractivity contribution in [2.75, 3.05) is 32.9 Å². The third-order valence-electron chi connectivity index (χ3n) is 2.33. The molecule has 1 rings (SSSR count). The number of methoxy groups -OCH3 is 2. The van der Waals surface area contributed by atoms with Crippen molar-refractivity contribution in [2.45, 2.75) is 13.8 Å². The molecule has 0 aliphatic heterocycles. The van der Waals surface area contributed by atoms with Gasteiger partial charge in [0.2, 0.25) is 0 Å². The van der Waals surface area contributed by atoms with E-state index in [0.29, 0.717) is 6.73 Å². The van der Waals surface area contributed by atoms with Gasteiger partial charge < -0.3 is 14.4 Å². The summed E-state index contributed by atoms with van der Waals surface area (Å²) >= 11 is 0. The summed E-state index contributed by atoms with van der Waals surface area (Å²) in [6, 6.07) is 4.18. The van der Waals surface area contributed by atoms with E-state index < -0.39 is 0 Å². The third kappa shape index (κ3) is 2.63. The Balaban J connectivity index is 3.14. The molecule has 15 heavy (non-hydrogen) atoms. The third-order valence-corrected chi connectivity index (χ3v) is 2.33. The molecule has 3 nitrogen and oxygen atoms in total. The van der Waals surface area contributed by atoms with Crippen molar-refractivity contribution < 1.29 is 9.47 Å². The highest BCUT2D eigenvalue weighted by Crippen LogP contribution is 2.32. The molecule has 0 unspecified atom stereocenters. The van der Waals surface area contributed by atoms with Gasteiger partial charge in [0, 0.05) is 14.2 Å². The fourth-order valence-electron chi connectivity index (χ4n) is 1.82. The quantitative estimate of drug-likeness (QED) is 0.710. The molecule has 1 aromatic carbocycles. The maximum atomic E-state index is 5.38. The topological polar surface area (TPSA) is 21.7 Å². The van der Waals surface area contributed by atoms with Crippen molar-refractivity contribution in [3.8, 4) is 5.75 Å². The minimum atomic E-state index is 0.556. The molecule has 0 heterocycles. The van der Waals surface area contributed by atoms with E-state index in [-0.39, 0.29) is 0 Å². The van der Waals surface area contributed by atoms with Crippen LogP contribution >= 0.6 is 0 Å². The predicted octanol–water partition coefficient (Wildman–Crippen LogP) is 2.35. The Labute approximate surface area is 91.6 Å². The van der Waals surface area contributed by atoms with Crippen molar-refractivity contribution in [3.63, 3.8) is 0 Å². The number of ether oxygens (including phenoxy) is 2. The average Bonchev–Trinajstić information content (AvgIpc) is 2.16. The molecule has 84 valence electrons. The van der Waals surface area contributed by atoms with Gasteiger partial charge in [-0.25, -0.2) is 0 Å². The standard InChI is InChI=1S/C12H19NO2/c1-9-6-10(2)12(11(7-9)15-5)13(3)8-14-4/h6-7H,8H2,1-5H3. The van der Waals surface area contributed by atoms with Crippen LogP contribution in [-0.2, 0) is 4.74 Å². The normalized spacial score (nSPS) is 10.2. The number of aryl methyl sites for hydroxylation is 2. The maximum absolute atomic E-state index is 5.38. The SMILES string of the molecule is COCN(C)c1c(C)cc(C)cc1OC. The molecule has 0 spiro atoms. The first-order valence-electron chi connectivity index (χ1n) is 4.95. The highest BCUT2D eigenvalue weighted by Gasteiger charge is 2.11. The van der Waals surface area contributed by atoms with E-state index in [1.807, 2.05) is 18.0 Å². The van der Waals surface area contributed by atoms with Gasteiger partial charge in [0.05, 0.1) is 12.8 Å². The molecule has 0 saturated heterocycles. The molecule has 0 aliphatic rings. The van der Waals surface area contributed by atoms with Crippen LogP contribution in [0, 0.1) is 13.8 Å². The zero-order valence-corrected chi connectivity index (χ0v) is 10.1. The van der Waals surface area contributed by atoms with Crippen molar-refractivity contribution >= 4 is 5.69 Å². The summed E-state index contributed by atoms with van der Waals surface area (Å²) in [6.45, 7) is 4.70. The fraction of sp³-hybridized carbons (Fsp3) is 0.500. The van der Waals surface area contributed by atoms with Gasteiger partial charge in [-0.1, -0.05) is 6.07 Å². The molecular formula is C12H19NO2. The van der Waals surface area contributed by atoms with E-state index in [9.17, 15) is 0 Å². The predicted molar refractivity (Wildman–Crippen MR) is 62.7 cm³/mol. The average molecular weight is 209 g/mol. The van der Waals surface area contributed by atoms with Crippen LogP contribution in [0.4, 0.5) is 5.69 Å².